The topological polar surface area (TPSA) is 81.5 Å². The van der Waals surface area contributed by atoms with Crippen LogP contribution in [0, 0.1) is 5.82 Å². The molecule has 0 aliphatic carbocycles. The van der Waals surface area contributed by atoms with Crippen molar-refractivity contribution in [3.63, 3.8) is 0 Å². The second-order valence-corrected chi connectivity index (χ2v) is 8.28. The zero-order chi connectivity index (χ0) is 23.8. The lowest BCUT2D eigenvalue weighted by Gasteiger charge is -2.31. The molecule has 2 aromatic carbocycles. The fraction of sp³-hybridized carbons (Fsp3) is 0.360. The first-order valence-electron chi connectivity index (χ1n) is 11.1. The number of halogens is 1. The Labute approximate surface area is 195 Å². The lowest BCUT2D eigenvalue weighted by Crippen LogP contribution is -2.42. The van der Waals surface area contributed by atoms with Crippen LogP contribution in [0.5, 0.6) is 11.5 Å². The number of benzene rings is 2. The van der Waals surface area contributed by atoms with Crippen LogP contribution in [0.3, 0.4) is 0 Å². The average molecular weight is 468 g/mol. The van der Waals surface area contributed by atoms with Crippen LogP contribution >= 0.6 is 0 Å². The third kappa shape index (κ3) is 3.80. The third-order valence-electron chi connectivity index (χ3n) is 6.42. The van der Waals surface area contributed by atoms with Crippen molar-refractivity contribution in [1.82, 2.24) is 9.80 Å². The summed E-state index contributed by atoms with van der Waals surface area (Å²) in [7, 11) is 3.07. The fourth-order valence-corrected chi connectivity index (χ4v) is 4.67. The van der Waals surface area contributed by atoms with Gasteiger partial charge in [0.2, 0.25) is 5.76 Å². The van der Waals surface area contributed by atoms with E-state index < -0.39 is 17.3 Å². The number of hydrogen-bond acceptors (Lipinski definition) is 7. The minimum atomic E-state index is -0.766. The first-order valence-corrected chi connectivity index (χ1v) is 11.1. The molecule has 2 aliphatic rings. The Morgan fingerprint density at radius 2 is 1.82 bits per heavy atom. The van der Waals surface area contributed by atoms with Gasteiger partial charge in [0, 0.05) is 31.7 Å². The number of nitrogens with zero attached hydrogens (tertiary/aromatic N) is 2. The predicted molar refractivity (Wildman–Crippen MR) is 122 cm³/mol. The Morgan fingerprint density at radius 3 is 2.56 bits per heavy atom. The van der Waals surface area contributed by atoms with Crippen LogP contribution in [0.4, 0.5) is 4.39 Å². The number of carbonyl (C=O) groups excluding carboxylic acids is 1. The summed E-state index contributed by atoms with van der Waals surface area (Å²) in [6, 6.07) is 8.19. The van der Waals surface area contributed by atoms with E-state index in [-0.39, 0.29) is 28.2 Å². The van der Waals surface area contributed by atoms with Crippen LogP contribution < -0.4 is 14.9 Å². The molecule has 3 heterocycles. The highest BCUT2D eigenvalue weighted by Crippen LogP contribution is 2.42. The highest BCUT2D eigenvalue weighted by Gasteiger charge is 2.44. The molecule has 0 saturated carbocycles. The highest BCUT2D eigenvalue weighted by atomic mass is 19.1. The van der Waals surface area contributed by atoms with Gasteiger partial charge in [0.15, 0.2) is 5.43 Å². The highest BCUT2D eigenvalue weighted by molar-refractivity contribution is 5.99. The number of amides is 1. The van der Waals surface area contributed by atoms with E-state index in [4.69, 9.17) is 18.6 Å². The van der Waals surface area contributed by atoms with Gasteiger partial charge in [-0.1, -0.05) is 0 Å². The first-order chi connectivity index (χ1) is 16.5. The van der Waals surface area contributed by atoms with Crippen molar-refractivity contribution >= 4 is 16.9 Å². The second kappa shape index (κ2) is 9.08. The van der Waals surface area contributed by atoms with Crippen LogP contribution in [0.15, 0.2) is 45.6 Å². The van der Waals surface area contributed by atoms with E-state index in [1.165, 1.54) is 19.2 Å². The van der Waals surface area contributed by atoms with E-state index in [0.29, 0.717) is 43.4 Å². The van der Waals surface area contributed by atoms with E-state index in [9.17, 15) is 14.0 Å². The van der Waals surface area contributed by atoms with Crippen LogP contribution in [-0.4, -0.2) is 69.3 Å². The molecule has 9 heteroatoms. The van der Waals surface area contributed by atoms with Gasteiger partial charge in [0.25, 0.3) is 5.91 Å². The summed E-state index contributed by atoms with van der Waals surface area (Å²) in [5.74, 6) is 0.0915. The number of ether oxygens (including phenoxy) is 3. The van der Waals surface area contributed by atoms with Gasteiger partial charge in [-0.25, -0.2) is 4.39 Å². The molecule has 0 spiro atoms. The number of morpholine rings is 1. The normalized spacial score (nSPS) is 18.4. The maximum absolute atomic E-state index is 14.0. The van der Waals surface area contributed by atoms with Gasteiger partial charge in [-0.15, -0.1) is 0 Å². The molecule has 1 saturated heterocycles. The maximum Gasteiger partial charge on any atom is 0.290 e. The molecule has 2 aliphatic heterocycles. The van der Waals surface area contributed by atoms with Crippen LogP contribution in [0.25, 0.3) is 11.0 Å². The molecule has 1 atom stereocenters. The SMILES string of the molecule is COc1ccc(OC)c(C2c3c(oc4ccc(F)cc4c3=O)C(=O)N2CCN2CCOCC2)c1. The Bertz CT molecular complexity index is 1300. The van der Waals surface area contributed by atoms with Crippen molar-refractivity contribution in [3.8, 4) is 11.5 Å². The molecule has 0 N–H and O–H groups in total. The minimum absolute atomic E-state index is 0.0269. The zero-order valence-corrected chi connectivity index (χ0v) is 19.0. The predicted octanol–water partition coefficient (Wildman–Crippen LogP) is 2.83. The molecule has 0 radical (unpaired) electrons. The summed E-state index contributed by atoms with van der Waals surface area (Å²) in [5, 5.41) is 0.0912. The van der Waals surface area contributed by atoms with Gasteiger partial charge in [-0.2, -0.15) is 0 Å². The number of carbonyl (C=O) groups is 1. The summed E-state index contributed by atoms with van der Waals surface area (Å²) in [6.45, 7) is 3.77. The Morgan fingerprint density at radius 1 is 1.03 bits per heavy atom. The van der Waals surface area contributed by atoms with Gasteiger partial charge in [0.05, 0.1) is 44.4 Å². The van der Waals surface area contributed by atoms with Gasteiger partial charge >= 0.3 is 0 Å². The molecule has 1 fully saturated rings. The van der Waals surface area contributed by atoms with Gasteiger partial charge in [0.1, 0.15) is 22.9 Å². The van der Waals surface area contributed by atoms with E-state index in [0.717, 1.165) is 19.2 Å². The summed E-state index contributed by atoms with van der Waals surface area (Å²) in [5.41, 5.74) is 0.508. The quantitative estimate of drug-likeness (QED) is 0.550. The lowest BCUT2D eigenvalue weighted by molar-refractivity contribution is 0.0314. The van der Waals surface area contributed by atoms with Crippen molar-refractivity contribution < 1.29 is 27.8 Å². The molecular weight excluding hydrogens is 443 g/mol. The number of methoxy groups -OCH3 is 2. The molecule has 178 valence electrons. The summed E-state index contributed by atoms with van der Waals surface area (Å²) < 4.78 is 36.3. The van der Waals surface area contributed by atoms with Crippen LogP contribution in [-0.2, 0) is 4.74 Å². The third-order valence-corrected chi connectivity index (χ3v) is 6.42. The molecular formula is C25H25FN2O6. The van der Waals surface area contributed by atoms with E-state index in [2.05, 4.69) is 4.90 Å². The fourth-order valence-electron chi connectivity index (χ4n) is 4.67. The molecule has 5 rings (SSSR count). The standard InChI is InChI=1S/C25H25FN2O6/c1-31-16-4-6-19(32-2)17(14-16)22-21-23(29)18-13-15(26)3-5-20(18)34-24(21)25(30)28(22)8-7-27-9-11-33-12-10-27/h3-6,13-14,22H,7-12H2,1-2H3. The molecule has 1 unspecified atom stereocenters. The molecule has 1 aromatic heterocycles. The average Bonchev–Trinajstić information content (AvgIpc) is 3.15. The monoisotopic (exact) mass is 468 g/mol. The van der Waals surface area contributed by atoms with E-state index in [1.54, 1.807) is 30.2 Å². The number of hydrogen-bond donors (Lipinski definition) is 0. The van der Waals surface area contributed by atoms with Crippen molar-refractivity contribution in [1.29, 1.82) is 0 Å². The largest absolute Gasteiger partial charge is 0.497 e. The molecule has 3 aromatic rings. The van der Waals surface area contributed by atoms with Crippen molar-refractivity contribution in [2.45, 2.75) is 6.04 Å². The zero-order valence-electron chi connectivity index (χ0n) is 19.0. The molecule has 8 nitrogen and oxygen atoms in total. The van der Waals surface area contributed by atoms with Crippen molar-refractivity contribution in [2.75, 3.05) is 53.6 Å². The lowest BCUT2D eigenvalue weighted by atomic mass is 9.97. The summed E-state index contributed by atoms with van der Waals surface area (Å²) >= 11 is 0. The van der Waals surface area contributed by atoms with Crippen molar-refractivity contribution in [3.05, 3.63) is 69.3 Å². The number of rotatable bonds is 6. The van der Waals surface area contributed by atoms with E-state index >= 15 is 0 Å². The molecule has 1 amide bonds. The van der Waals surface area contributed by atoms with Crippen LogP contribution in [0.1, 0.15) is 27.7 Å². The van der Waals surface area contributed by atoms with E-state index in [1.807, 2.05) is 0 Å². The molecule has 34 heavy (non-hydrogen) atoms. The van der Waals surface area contributed by atoms with Crippen molar-refractivity contribution in [2.24, 2.45) is 0 Å². The van der Waals surface area contributed by atoms with Gasteiger partial charge < -0.3 is 23.5 Å². The first kappa shape index (κ1) is 22.4. The number of fused-ring (bicyclic) bond motifs is 2. The summed E-state index contributed by atoms with van der Waals surface area (Å²) in [4.78, 5) is 31.0. The Kier molecular flexibility index (Phi) is 5.97. The van der Waals surface area contributed by atoms with Crippen LogP contribution in [0.2, 0.25) is 0 Å². The Hall–Kier alpha value is -3.43. The maximum atomic E-state index is 14.0. The summed E-state index contributed by atoms with van der Waals surface area (Å²) in [6.07, 6.45) is 0. The Balaban J connectivity index is 1.66. The second-order valence-electron chi connectivity index (χ2n) is 8.28. The molecule has 0 bridgehead atoms. The minimum Gasteiger partial charge on any atom is -0.497 e. The smallest absolute Gasteiger partial charge is 0.290 e. The van der Waals surface area contributed by atoms with Gasteiger partial charge in [-0.05, 0) is 36.4 Å². The van der Waals surface area contributed by atoms with Gasteiger partial charge in [-0.3, -0.25) is 14.5 Å².